The van der Waals surface area contributed by atoms with Crippen LogP contribution >= 0.6 is 0 Å². The minimum atomic E-state index is -2.05. The largest absolute Gasteiger partial charge is 0.481 e. The third-order valence-corrected chi connectivity index (χ3v) is 17.2. The van der Waals surface area contributed by atoms with Crippen molar-refractivity contribution in [1.82, 2.24) is 6.15 Å². The summed E-state index contributed by atoms with van der Waals surface area (Å²) in [4.78, 5) is 51.3. The standard InChI is InChI=1S/C42H62O16.H3N.H2O/c1-37(2)21-8-11-42(7)31(20(43)16-18-19-17-39(4,36(53)54)13-12-38(19,3)14-15-41(18,42)6)40(21,5)10-9-22(37)55-35-30(26(47)25(46)29(57-35)33(51)52)58-34-27(48)23(44)24(45)28(56-34)32(49)50;;/h16,19,21-31,34-35,44-48H,8-15,17H2,1-7H3,(H,49,50)(H,51,52)(H,53,54);1H3;1H2/t19-,21-,22-,23-,24-,25-,26-,27+,28-,29-,30+,31+,34-,35-,38+,39-,40-,41+,42+;;/m0../s1. The van der Waals surface area contributed by atoms with Gasteiger partial charge in [-0.05, 0) is 110 Å². The van der Waals surface area contributed by atoms with Crippen LogP contribution in [0.1, 0.15) is 106 Å². The third kappa shape index (κ3) is 6.96. The average molecular weight is 858 g/mol. The highest BCUT2D eigenvalue weighted by Crippen LogP contribution is 2.75. The second-order valence-electron chi connectivity index (χ2n) is 20.6. The summed E-state index contributed by atoms with van der Waals surface area (Å²) in [6.07, 6.45) is -12.2. The molecule has 2 saturated heterocycles. The van der Waals surface area contributed by atoms with Crippen molar-refractivity contribution in [1.29, 1.82) is 0 Å². The fraction of sp³-hybridized carbons (Fsp3) is 0.857. The number of aliphatic hydroxyl groups is 5. The van der Waals surface area contributed by atoms with Crippen LogP contribution in [0.2, 0.25) is 0 Å². The minimum absolute atomic E-state index is 0. The third-order valence-electron chi connectivity index (χ3n) is 17.2. The fourth-order valence-corrected chi connectivity index (χ4v) is 13.4. The molecule has 2 aliphatic heterocycles. The number of ether oxygens (including phenoxy) is 4. The normalized spacial score (nSPS) is 50.8. The monoisotopic (exact) mass is 857 g/mol. The van der Waals surface area contributed by atoms with Gasteiger partial charge in [-0.2, -0.15) is 0 Å². The number of aliphatic hydroxyl groups excluding tert-OH is 5. The average Bonchev–Trinajstić information content (AvgIpc) is 3.13. The van der Waals surface area contributed by atoms with E-state index in [-0.39, 0.29) is 46.0 Å². The molecule has 13 N–H and O–H groups in total. The molecule has 0 unspecified atom stereocenters. The zero-order chi connectivity index (χ0) is 42.9. The Morgan fingerprint density at radius 3 is 1.85 bits per heavy atom. The lowest BCUT2D eigenvalue weighted by molar-refractivity contribution is -0.371. The highest BCUT2D eigenvalue weighted by atomic mass is 16.8. The number of carboxylic acids is 3. The first-order valence-electron chi connectivity index (χ1n) is 20.7. The molecular formula is C42H67NO17. The number of aliphatic carboxylic acids is 3. The predicted molar refractivity (Wildman–Crippen MR) is 208 cm³/mol. The van der Waals surface area contributed by atoms with Crippen LogP contribution in [0.5, 0.6) is 0 Å². The van der Waals surface area contributed by atoms with Crippen LogP contribution in [-0.4, -0.2) is 138 Å². The van der Waals surface area contributed by atoms with E-state index in [1.807, 2.05) is 26.8 Å². The van der Waals surface area contributed by atoms with Crippen LogP contribution in [0.4, 0.5) is 0 Å². The highest BCUT2D eigenvalue weighted by molar-refractivity contribution is 5.95. The lowest BCUT2D eigenvalue weighted by Gasteiger charge is -2.70. The Hall–Kier alpha value is -2.62. The Bertz CT molecular complexity index is 1740. The molecule has 0 radical (unpaired) electrons. The summed E-state index contributed by atoms with van der Waals surface area (Å²) >= 11 is 0. The van der Waals surface area contributed by atoms with Crippen molar-refractivity contribution in [2.24, 2.45) is 50.2 Å². The van der Waals surface area contributed by atoms with Gasteiger partial charge in [-0.25, -0.2) is 9.59 Å². The molecule has 6 fully saturated rings. The first-order valence-corrected chi connectivity index (χ1v) is 20.7. The molecule has 0 aromatic carbocycles. The van der Waals surface area contributed by atoms with E-state index >= 15 is 0 Å². The zero-order valence-corrected chi connectivity index (χ0v) is 35.6. The topological polar surface area (TPSA) is 334 Å². The van der Waals surface area contributed by atoms with Crippen molar-refractivity contribution in [3.63, 3.8) is 0 Å². The van der Waals surface area contributed by atoms with E-state index < -0.39 is 107 Å². The molecule has 0 spiro atoms. The van der Waals surface area contributed by atoms with Crippen molar-refractivity contribution in [3.8, 4) is 0 Å². The summed E-state index contributed by atoms with van der Waals surface area (Å²) in [5.74, 6) is -4.47. The smallest absolute Gasteiger partial charge is 0.335 e. The van der Waals surface area contributed by atoms with E-state index in [1.54, 1.807) is 0 Å². The lowest BCUT2D eigenvalue weighted by atomic mass is 9.33. The molecular weight excluding hydrogens is 790 g/mol. The summed E-state index contributed by atoms with van der Waals surface area (Å²) in [5.41, 5.74) is -1.81. The first kappa shape index (κ1) is 48.4. The van der Waals surface area contributed by atoms with Crippen molar-refractivity contribution in [2.45, 2.75) is 174 Å². The molecule has 19 atom stereocenters. The van der Waals surface area contributed by atoms with E-state index in [9.17, 15) is 60.0 Å². The Kier molecular flexibility index (Phi) is 12.8. The molecule has 0 amide bonds. The van der Waals surface area contributed by atoms with Gasteiger partial charge in [0.15, 0.2) is 30.6 Å². The second kappa shape index (κ2) is 15.9. The van der Waals surface area contributed by atoms with Gasteiger partial charge >= 0.3 is 17.9 Å². The number of hydrogen-bond acceptors (Lipinski definition) is 14. The fourth-order valence-electron chi connectivity index (χ4n) is 13.4. The SMILES string of the molecule is CC1(C)[C@@H](O[C@H]2O[C@H](C(=O)O)[C@@H](O)[C@H](O)[C@H]2O[C@@H]2O[C@H](C(=O)O)[C@@H](O)[C@H](O)[C@H]2O)CC[C@]2(C)[C@H]3C(=O)C=C4[C@@H]5C[C@@](C)(C(=O)O)CC[C@]5(C)CC[C@@]4(C)[C@]3(C)CC[C@@H]12.N.O. The molecule has 5 aliphatic carbocycles. The summed E-state index contributed by atoms with van der Waals surface area (Å²) in [5, 5.41) is 83.0. The molecule has 2 heterocycles. The van der Waals surface area contributed by atoms with Crippen LogP contribution < -0.4 is 6.15 Å². The lowest BCUT2D eigenvalue weighted by Crippen LogP contribution is -2.68. The number of rotatable bonds is 7. The van der Waals surface area contributed by atoms with Crippen LogP contribution in [0, 0.1) is 50.2 Å². The van der Waals surface area contributed by atoms with Gasteiger partial charge in [-0.3, -0.25) is 9.59 Å². The summed E-state index contributed by atoms with van der Waals surface area (Å²) in [6, 6.07) is 0. The molecule has 0 bridgehead atoms. The maximum Gasteiger partial charge on any atom is 0.335 e. The molecule has 342 valence electrons. The maximum atomic E-state index is 14.8. The number of carbonyl (C=O) groups is 4. The van der Waals surface area contributed by atoms with Gasteiger partial charge < -0.3 is 71.4 Å². The maximum absolute atomic E-state index is 14.8. The van der Waals surface area contributed by atoms with Gasteiger partial charge in [-0.15, -0.1) is 0 Å². The van der Waals surface area contributed by atoms with Crippen LogP contribution in [0.15, 0.2) is 11.6 Å². The second-order valence-corrected chi connectivity index (χ2v) is 20.6. The van der Waals surface area contributed by atoms with Crippen LogP contribution in [-0.2, 0) is 38.1 Å². The van der Waals surface area contributed by atoms with Crippen molar-refractivity contribution in [3.05, 3.63) is 11.6 Å². The molecule has 0 aromatic heterocycles. The number of hydrogen-bond donors (Lipinski definition) is 9. The van der Waals surface area contributed by atoms with Crippen LogP contribution in [0.25, 0.3) is 0 Å². The first-order chi connectivity index (χ1) is 26.8. The Labute approximate surface area is 349 Å². The zero-order valence-electron chi connectivity index (χ0n) is 35.6. The predicted octanol–water partition coefficient (Wildman–Crippen LogP) is 1.58. The summed E-state index contributed by atoms with van der Waals surface area (Å²) in [6.45, 7) is 14.8. The van der Waals surface area contributed by atoms with Gasteiger partial charge in [0.25, 0.3) is 0 Å². The molecule has 0 aromatic rings. The van der Waals surface area contributed by atoms with E-state index in [0.717, 1.165) is 37.7 Å². The Balaban J connectivity index is 0.00000341. The Morgan fingerprint density at radius 1 is 0.700 bits per heavy atom. The van der Waals surface area contributed by atoms with Crippen molar-refractivity contribution >= 4 is 23.7 Å². The molecule has 60 heavy (non-hydrogen) atoms. The molecule has 18 heteroatoms. The van der Waals surface area contributed by atoms with Gasteiger partial charge in [0.1, 0.15) is 36.6 Å². The van der Waals surface area contributed by atoms with E-state index in [4.69, 9.17) is 18.9 Å². The van der Waals surface area contributed by atoms with E-state index in [2.05, 4.69) is 27.7 Å². The van der Waals surface area contributed by atoms with Crippen molar-refractivity contribution < 1.29 is 84.5 Å². The summed E-state index contributed by atoms with van der Waals surface area (Å²) in [7, 11) is 0. The summed E-state index contributed by atoms with van der Waals surface area (Å²) < 4.78 is 23.4. The number of carboxylic acid groups (broad SMARTS) is 3. The van der Waals surface area contributed by atoms with Gasteiger partial charge in [0, 0.05) is 5.92 Å². The minimum Gasteiger partial charge on any atom is -0.481 e. The van der Waals surface area contributed by atoms with Gasteiger partial charge in [-0.1, -0.05) is 47.1 Å². The quantitative estimate of drug-likeness (QED) is 0.164. The van der Waals surface area contributed by atoms with Gasteiger partial charge in [0.2, 0.25) is 0 Å². The number of ketones is 1. The number of carbonyl (C=O) groups excluding carboxylic acids is 1. The van der Waals surface area contributed by atoms with Crippen LogP contribution in [0.3, 0.4) is 0 Å². The van der Waals surface area contributed by atoms with Gasteiger partial charge in [0.05, 0.1) is 11.5 Å². The van der Waals surface area contributed by atoms with Crippen molar-refractivity contribution in [2.75, 3.05) is 0 Å². The number of fused-ring (bicyclic) bond motifs is 7. The Morgan fingerprint density at radius 2 is 1.27 bits per heavy atom. The van der Waals surface area contributed by atoms with E-state index in [0.29, 0.717) is 25.7 Å². The highest BCUT2D eigenvalue weighted by Gasteiger charge is 2.71. The molecule has 7 rings (SSSR count). The molecule has 7 aliphatic rings. The van der Waals surface area contributed by atoms with E-state index in [1.165, 1.54) is 0 Å². The number of allylic oxidation sites excluding steroid dienone is 2. The molecule has 4 saturated carbocycles. The molecule has 18 nitrogen and oxygen atoms in total.